The van der Waals surface area contributed by atoms with Crippen molar-refractivity contribution in [2.45, 2.75) is 51.5 Å². The second-order valence-corrected chi connectivity index (χ2v) is 10.4. The van der Waals surface area contributed by atoms with Crippen LogP contribution >= 0.6 is 0 Å². The van der Waals surface area contributed by atoms with E-state index < -0.39 is 21.2 Å². The van der Waals surface area contributed by atoms with Gasteiger partial charge in [-0.2, -0.15) is 5.26 Å². The van der Waals surface area contributed by atoms with E-state index in [9.17, 15) is 18.5 Å². The number of nitrogens with zero attached hydrogens (tertiary/aromatic N) is 4. The molecule has 0 atom stereocenters. The maximum absolute atomic E-state index is 12.9. The number of rotatable bonds is 8. The molecule has 3 rings (SSSR count). The molecule has 0 aliphatic carbocycles. The number of ether oxygens (including phenoxy) is 1. The zero-order valence-electron chi connectivity index (χ0n) is 19.3. The summed E-state index contributed by atoms with van der Waals surface area (Å²) in [6.45, 7) is 8.96. The smallest absolute Gasteiger partial charge is 0.340 e. The number of nitrogens with one attached hydrogen (secondary N) is 1. The summed E-state index contributed by atoms with van der Waals surface area (Å²) in [5.41, 5.74) is 1.87. The zero-order chi connectivity index (χ0) is 24.4. The Morgan fingerprint density at radius 2 is 2.03 bits per heavy atom. The van der Waals surface area contributed by atoms with Crippen LogP contribution in [0.2, 0.25) is 0 Å². The second-order valence-electron chi connectivity index (χ2n) is 8.15. The van der Waals surface area contributed by atoms with E-state index in [1.165, 1.54) is 4.52 Å². The lowest BCUT2D eigenvalue weighted by molar-refractivity contribution is 0.0524. The third-order valence-corrected chi connectivity index (χ3v) is 7.09. The number of aryl methyl sites for hydroxylation is 1. The van der Waals surface area contributed by atoms with E-state index in [1.807, 2.05) is 6.92 Å². The molecule has 1 N–H and O–H groups in total. The van der Waals surface area contributed by atoms with E-state index >= 15 is 0 Å². The number of esters is 1. The van der Waals surface area contributed by atoms with Crippen LogP contribution in [-0.2, 0) is 26.5 Å². The average molecular weight is 470 g/mol. The van der Waals surface area contributed by atoms with Crippen molar-refractivity contribution in [3.05, 3.63) is 53.0 Å². The number of sulfone groups is 1. The summed E-state index contributed by atoms with van der Waals surface area (Å²) in [6.07, 6.45) is 3.29. The first-order valence-corrected chi connectivity index (χ1v) is 12.2. The van der Waals surface area contributed by atoms with Crippen LogP contribution in [0.3, 0.4) is 0 Å². The van der Waals surface area contributed by atoms with Crippen molar-refractivity contribution in [3.63, 3.8) is 0 Å². The predicted octanol–water partition coefficient (Wildman–Crippen LogP) is 3.42. The van der Waals surface area contributed by atoms with Crippen molar-refractivity contribution in [2.24, 2.45) is 0 Å². The van der Waals surface area contributed by atoms with Crippen molar-refractivity contribution < 1.29 is 17.9 Å². The molecule has 3 aromatic heterocycles. The van der Waals surface area contributed by atoms with Gasteiger partial charge in [-0.3, -0.25) is 4.98 Å². The number of hydrogen-bond acceptors (Lipinski definition) is 8. The van der Waals surface area contributed by atoms with Gasteiger partial charge < -0.3 is 10.1 Å². The first-order valence-electron chi connectivity index (χ1n) is 10.6. The lowest BCUT2D eigenvalue weighted by Gasteiger charge is -2.15. The number of fused-ring (bicyclic) bond motifs is 1. The number of aromatic nitrogens is 3. The summed E-state index contributed by atoms with van der Waals surface area (Å²) in [5.74, 6) is -0.447. The molecule has 0 saturated carbocycles. The molecule has 0 saturated heterocycles. The first-order chi connectivity index (χ1) is 15.5. The zero-order valence-corrected chi connectivity index (χ0v) is 20.2. The Labute approximate surface area is 193 Å². The second kappa shape index (κ2) is 9.19. The molecule has 3 aromatic rings. The van der Waals surface area contributed by atoms with E-state index in [4.69, 9.17) is 4.74 Å². The Bertz CT molecular complexity index is 1350. The van der Waals surface area contributed by atoms with Gasteiger partial charge in [-0.15, -0.1) is 5.10 Å². The number of carbonyl (C=O) groups excluding carboxylic acids is 1. The van der Waals surface area contributed by atoms with E-state index in [-0.39, 0.29) is 29.6 Å². The van der Waals surface area contributed by atoms with Gasteiger partial charge in [0.15, 0.2) is 15.7 Å². The number of carbonyl (C=O) groups is 1. The summed E-state index contributed by atoms with van der Waals surface area (Å²) >= 11 is 0. The Kier molecular flexibility index (Phi) is 6.74. The van der Waals surface area contributed by atoms with Gasteiger partial charge in [-0.1, -0.05) is 13.0 Å². The monoisotopic (exact) mass is 469 g/mol. The van der Waals surface area contributed by atoms with Crippen molar-refractivity contribution >= 4 is 27.1 Å². The summed E-state index contributed by atoms with van der Waals surface area (Å²) < 4.78 is 32.4. The lowest BCUT2D eigenvalue weighted by Crippen LogP contribution is -2.14. The minimum absolute atomic E-state index is 0.0658. The van der Waals surface area contributed by atoms with Crippen LogP contribution in [0.4, 0.5) is 5.82 Å². The molecule has 0 aromatic carbocycles. The Hall–Kier alpha value is -3.45. The number of hydrogen-bond donors (Lipinski definition) is 1. The Morgan fingerprint density at radius 3 is 2.67 bits per heavy atom. The van der Waals surface area contributed by atoms with Crippen LogP contribution < -0.4 is 5.32 Å². The molecule has 9 nitrogen and oxygen atoms in total. The third-order valence-electron chi connectivity index (χ3n) is 5.30. The van der Waals surface area contributed by atoms with Gasteiger partial charge in [0.2, 0.25) is 0 Å². The fourth-order valence-electron chi connectivity index (χ4n) is 3.32. The van der Waals surface area contributed by atoms with E-state index in [0.717, 1.165) is 5.56 Å². The third kappa shape index (κ3) is 4.83. The topological polar surface area (TPSA) is 126 Å². The molecule has 33 heavy (non-hydrogen) atoms. The average Bonchev–Trinajstić information content (AvgIpc) is 3.16. The number of nitriles is 1. The molecule has 0 radical (unpaired) electrons. The molecule has 0 fully saturated rings. The van der Waals surface area contributed by atoms with Crippen molar-refractivity contribution in [1.82, 2.24) is 14.6 Å². The molecule has 0 aliphatic heterocycles. The molecular formula is C23H27N5O4S. The molecular weight excluding hydrogens is 442 g/mol. The minimum atomic E-state index is -3.64. The summed E-state index contributed by atoms with van der Waals surface area (Å²) in [5, 5.41) is 16.9. The number of anilines is 1. The van der Waals surface area contributed by atoms with E-state index in [0.29, 0.717) is 22.3 Å². The van der Waals surface area contributed by atoms with Gasteiger partial charge in [0.05, 0.1) is 47.2 Å². The van der Waals surface area contributed by atoms with E-state index in [2.05, 4.69) is 21.5 Å². The molecule has 0 bridgehead atoms. The highest BCUT2D eigenvalue weighted by molar-refractivity contribution is 7.91. The van der Waals surface area contributed by atoms with Crippen LogP contribution in [0.5, 0.6) is 0 Å². The van der Waals surface area contributed by atoms with Crippen molar-refractivity contribution in [1.29, 1.82) is 5.26 Å². The predicted molar refractivity (Wildman–Crippen MR) is 124 cm³/mol. The maximum atomic E-state index is 12.9. The molecule has 0 spiro atoms. The molecule has 0 aliphatic rings. The molecule has 0 amide bonds. The van der Waals surface area contributed by atoms with Crippen LogP contribution in [0.15, 0.2) is 35.5 Å². The fourth-order valence-corrected chi connectivity index (χ4v) is 4.50. The molecule has 174 valence electrons. The summed E-state index contributed by atoms with van der Waals surface area (Å²) in [7, 11) is -3.64. The standard InChI is InChI=1S/C23H27N5O4S/c1-6-32-22(29)17-10-15(3)11-25-18(17)12-26-21-20(33(30,31)7-2)19-9-8-16(13-28(19)27-21)23(4,5)14-24/h8-11,13H,6-7,12H2,1-5H3,(H,26,27). The summed E-state index contributed by atoms with van der Waals surface area (Å²) in [6, 6.07) is 7.31. The normalized spacial score (nSPS) is 11.9. The van der Waals surface area contributed by atoms with Gasteiger partial charge >= 0.3 is 5.97 Å². The lowest BCUT2D eigenvalue weighted by atomic mass is 9.88. The van der Waals surface area contributed by atoms with Gasteiger partial charge in [0, 0.05) is 12.4 Å². The van der Waals surface area contributed by atoms with Gasteiger partial charge in [0.1, 0.15) is 4.90 Å². The Morgan fingerprint density at radius 1 is 1.30 bits per heavy atom. The van der Waals surface area contributed by atoms with Gasteiger partial charge in [0.25, 0.3) is 0 Å². The van der Waals surface area contributed by atoms with Crippen LogP contribution in [0, 0.1) is 18.3 Å². The van der Waals surface area contributed by atoms with E-state index in [1.54, 1.807) is 58.3 Å². The highest BCUT2D eigenvalue weighted by atomic mass is 32.2. The van der Waals surface area contributed by atoms with Gasteiger partial charge in [-0.05, 0) is 51.0 Å². The van der Waals surface area contributed by atoms with Crippen LogP contribution in [-0.4, -0.2) is 41.3 Å². The molecule has 3 heterocycles. The van der Waals surface area contributed by atoms with Crippen LogP contribution in [0.25, 0.3) is 5.52 Å². The molecule has 0 unspecified atom stereocenters. The first kappa shape index (κ1) is 24.2. The van der Waals surface area contributed by atoms with Crippen molar-refractivity contribution in [2.75, 3.05) is 17.7 Å². The van der Waals surface area contributed by atoms with Crippen LogP contribution in [0.1, 0.15) is 54.9 Å². The quantitative estimate of drug-likeness (QED) is 0.497. The highest BCUT2D eigenvalue weighted by Crippen LogP contribution is 2.30. The summed E-state index contributed by atoms with van der Waals surface area (Å²) in [4.78, 5) is 16.8. The largest absolute Gasteiger partial charge is 0.462 e. The van der Waals surface area contributed by atoms with Crippen molar-refractivity contribution in [3.8, 4) is 6.07 Å². The number of pyridine rings is 2. The maximum Gasteiger partial charge on any atom is 0.340 e. The minimum Gasteiger partial charge on any atom is -0.462 e. The van der Waals surface area contributed by atoms with Gasteiger partial charge in [-0.25, -0.2) is 17.7 Å². The Balaban J connectivity index is 2.07. The fraction of sp³-hybridized carbons (Fsp3) is 0.391. The highest BCUT2D eigenvalue weighted by Gasteiger charge is 2.27. The molecule has 10 heteroatoms. The SMILES string of the molecule is CCOC(=O)c1cc(C)cnc1CNc1nn2cc(C(C)(C)C#N)ccc2c1S(=O)(=O)CC.